The van der Waals surface area contributed by atoms with Crippen molar-refractivity contribution in [1.29, 1.82) is 0 Å². The van der Waals surface area contributed by atoms with Gasteiger partial charge in [0.05, 0.1) is 0 Å². The molecule has 6 nitrogen and oxygen atoms in total. The van der Waals surface area contributed by atoms with Gasteiger partial charge in [0.2, 0.25) is 0 Å². The van der Waals surface area contributed by atoms with Gasteiger partial charge in [0.25, 0.3) is 0 Å². The molecule has 74 heavy (non-hydrogen) atoms. The van der Waals surface area contributed by atoms with Gasteiger partial charge >= 0.3 is 17.9 Å². The van der Waals surface area contributed by atoms with Gasteiger partial charge in [-0.15, -0.1) is 0 Å². The molecule has 0 aromatic rings. The van der Waals surface area contributed by atoms with Crippen LogP contribution in [-0.2, 0) is 28.6 Å². The summed E-state index contributed by atoms with van der Waals surface area (Å²) in [4.78, 5) is 38.3. The Bertz CT molecular complexity index is 1370. The summed E-state index contributed by atoms with van der Waals surface area (Å²) in [6.45, 7) is 6.60. The Balaban J connectivity index is 4.36. The van der Waals surface area contributed by atoms with Gasteiger partial charge in [-0.1, -0.05) is 267 Å². The largest absolute Gasteiger partial charge is 0.462 e. The molecule has 0 saturated carbocycles. The van der Waals surface area contributed by atoms with Crippen LogP contribution >= 0.6 is 0 Å². The molecule has 0 aliphatic heterocycles. The minimum Gasteiger partial charge on any atom is -0.462 e. The zero-order valence-corrected chi connectivity index (χ0v) is 49.1. The summed E-state index contributed by atoms with van der Waals surface area (Å²) in [5.74, 6) is -0.893. The number of allylic oxidation sites excluding steroid dienone is 12. The van der Waals surface area contributed by atoms with Crippen LogP contribution in [-0.4, -0.2) is 37.2 Å². The number of hydrogen-bond acceptors (Lipinski definition) is 6. The smallest absolute Gasteiger partial charge is 0.306 e. The minimum atomic E-state index is -0.787. The maximum absolute atomic E-state index is 12.9. The van der Waals surface area contributed by atoms with Crippen molar-refractivity contribution in [2.24, 2.45) is 0 Å². The van der Waals surface area contributed by atoms with Crippen molar-refractivity contribution in [2.45, 2.75) is 329 Å². The van der Waals surface area contributed by atoms with Gasteiger partial charge in [0.15, 0.2) is 6.10 Å². The van der Waals surface area contributed by atoms with Crippen LogP contribution in [0.25, 0.3) is 0 Å². The van der Waals surface area contributed by atoms with Gasteiger partial charge in [0, 0.05) is 19.3 Å². The van der Waals surface area contributed by atoms with Crippen molar-refractivity contribution in [3.05, 3.63) is 72.9 Å². The summed E-state index contributed by atoms with van der Waals surface area (Å²) < 4.78 is 16.9. The molecule has 0 saturated heterocycles. The van der Waals surface area contributed by atoms with Gasteiger partial charge in [-0.3, -0.25) is 14.4 Å². The number of rotatable bonds is 58. The lowest BCUT2D eigenvalue weighted by molar-refractivity contribution is -0.167. The Labute approximate surface area is 459 Å². The van der Waals surface area contributed by atoms with Crippen LogP contribution in [0.4, 0.5) is 0 Å². The van der Waals surface area contributed by atoms with Gasteiger partial charge in [-0.25, -0.2) is 0 Å². The molecule has 0 aromatic carbocycles. The van der Waals surface area contributed by atoms with Crippen LogP contribution in [0.1, 0.15) is 323 Å². The van der Waals surface area contributed by atoms with Crippen molar-refractivity contribution in [2.75, 3.05) is 13.2 Å². The van der Waals surface area contributed by atoms with E-state index in [-0.39, 0.29) is 31.1 Å². The lowest BCUT2D eigenvalue weighted by atomic mass is 10.1. The maximum atomic E-state index is 12.9. The Kier molecular flexibility index (Phi) is 59.7. The van der Waals surface area contributed by atoms with E-state index in [4.69, 9.17) is 14.2 Å². The molecule has 1 unspecified atom stereocenters. The highest BCUT2D eigenvalue weighted by Gasteiger charge is 2.19. The third-order valence-corrected chi connectivity index (χ3v) is 13.9. The molecule has 0 amide bonds. The van der Waals surface area contributed by atoms with Crippen LogP contribution in [0.15, 0.2) is 72.9 Å². The molecular formula is C68H120O6. The van der Waals surface area contributed by atoms with E-state index in [1.165, 1.54) is 186 Å². The van der Waals surface area contributed by atoms with E-state index in [2.05, 4.69) is 93.7 Å². The van der Waals surface area contributed by atoms with Crippen LogP contribution in [0, 0.1) is 0 Å². The molecule has 0 N–H and O–H groups in total. The van der Waals surface area contributed by atoms with Crippen molar-refractivity contribution in [1.82, 2.24) is 0 Å². The monoisotopic (exact) mass is 1030 g/mol. The summed E-state index contributed by atoms with van der Waals surface area (Å²) >= 11 is 0. The van der Waals surface area contributed by atoms with Crippen molar-refractivity contribution >= 4 is 17.9 Å². The van der Waals surface area contributed by atoms with Gasteiger partial charge in [-0.05, 0) is 109 Å². The minimum absolute atomic E-state index is 0.0836. The van der Waals surface area contributed by atoms with E-state index >= 15 is 0 Å². The number of hydrogen-bond donors (Lipinski definition) is 0. The molecule has 6 heteroatoms. The lowest BCUT2D eigenvalue weighted by Gasteiger charge is -2.18. The molecule has 428 valence electrons. The number of carbonyl (C=O) groups is 3. The average Bonchev–Trinajstić information content (AvgIpc) is 3.40. The molecule has 0 aromatic heterocycles. The summed E-state index contributed by atoms with van der Waals surface area (Å²) in [7, 11) is 0. The van der Waals surface area contributed by atoms with Crippen molar-refractivity contribution in [3.8, 4) is 0 Å². The summed E-state index contributed by atoms with van der Waals surface area (Å²) in [6, 6.07) is 0. The molecule has 0 aliphatic rings. The second-order valence-electron chi connectivity index (χ2n) is 21.3. The third-order valence-electron chi connectivity index (χ3n) is 13.9. The molecule has 0 bridgehead atoms. The van der Waals surface area contributed by atoms with E-state index in [0.717, 1.165) is 96.3 Å². The lowest BCUT2D eigenvalue weighted by Crippen LogP contribution is -2.30. The molecule has 0 rings (SSSR count). The standard InChI is InChI=1S/C68H120O6/c1-4-7-10-13-16-19-22-25-28-30-32-33-34-35-37-38-40-43-46-49-52-55-58-61-67(70)73-64-65(63-72-66(69)60-57-54-51-48-45-42-27-24-21-18-15-12-9-6-3)74-68(71)62-59-56-53-50-47-44-41-39-36-31-29-26-23-20-17-14-11-8-5-2/h15,18,22,24-27,29-30,32,34-35,65H,4-14,16-17,19-21,23,28,31,33,36-64H2,1-3H3/b18-15-,25-22-,27-24-,29-26-,32-30-,35-34-. The third kappa shape index (κ3) is 59.7. The summed E-state index contributed by atoms with van der Waals surface area (Å²) in [6.07, 6.45) is 80.4. The first kappa shape index (κ1) is 70.8. The second-order valence-corrected chi connectivity index (χ2v) is 21.3. The first-order chi connectivity index (χ1) is 36.5. The van der Waals surface area contributed by atoms with Gasteiger partial charge < -0.3 is 14.2 Å². The molecule has 0 spiro atoms. The first-order valence-corrected chi connectivity index (χ1v) is 31.9. The molecule has 0 radical (unpaired) electrons. The highest BCUT2D eigenvalue weighted by atomic mass is 16.6. The van der Waals surface area contributed by atoms with Crippen LogP contribution in [0.5, 0.6) is 0 Å². The molecule has 0 fully saturated rings. The fourth-order valence-corrected chi connectivity index (χ4v) is 9.05. The quantitative estimate of drug-likeness (QED) is 0.0261. The van der Waals surface area contributed by atoms with Crippen LogP contribution in [0.3, 0.4) is 0 Å². The Hall–Kier alpha value is -3.15. The molecular weight excluding hydrogens is 913 g/mol. The van der Waals surface area contributed by atoms with Crippen LogP contribution < -0.4 is 0 Å². The maximum Gasteiger partial charge on any atom is 0.306 e. The predicted octanol–water partition coefficient (Wildman–Crippen LogP) is 21.7. The molecule has 1 atom stereocenters. The number of ether oxygens (including phenoxy) is 3. The Morgan fingerprint density at radius 3 is 0.811 bits per heavy atom. The molecule has 0 heterocycles. The highest BCUT2D eigenvalue weighted by molar-refractivity contribution is 5.71. The number of unbranched alkanes of at least 4 members (excludes halogenated alkanes) is 35. The van der Waals surface area contributed by atoms with E-state index in [1.807, 2.05) is 0 Å². The fraction of sp³-hybridized carbons (Fsp3) is 0.779. The second kappa shape index (κ2) is 62.4. The van der Waals surface area contributed by atoms with Crippen molar-refractivity contribution < 1.29 is 28.6 Å². The fourth-order valence-electron chi connectivity index (χ4n) is 9.05. The van der Waals surface area contributed by atoms with E-state index in [9.17, 15) is 14.4 Å². The Morgan fingerprint density at radius 1 is 0.270 bits per heavy atom. The van der Waals surface area contributed by atoms with E-state index < -0.39 is 6.10 Å². The zero-order chi connectivity index (χ0) is 53.6. The van der Waals surface area contributed by atoms with Crippen molar-refractivity contribution in [3.63, 3.8) is 0 Å². The predicted molar refractivity (Wildman–Crippen MR) is 321 cm³/mol. The topological polar surface area (TPSA) is 78.9 Å². The average molecular weight is 1030 g/mol. The molecule has 0 aliphatic carbocycles. The van der Waals surface area contributed by atoms with Gasteiger partial charge in [-0.2, -0.15) is 0 Å². The van der Waals surface area contributed by atoms with Crippen LogP contribution in [0.2, 0.25) is 0 Å². The normalized spacial score (nSPS) is 12.5. The zero-order valence-electron chi connectivity index (χ0n) is 49.1. The summed E-state index contributed by atoms with van der Waals surface area (Å²) in [5.41, 5.74) is 0. The summed E-state index contributed by atoms with van der Waals surface area (Å²) in [5, 5.41) is 0. The Morgan fingerprint density at radius 2 is 0.500 bits per heavy atom. The SMILES string of the molecule is CCCC/C=C\C/C=C\CCCCCCCC(=O)OCC(COC(=O)CCCCCCCCCC/C=C\C/C=C\C/C=C\CCCCCCC)OC(=O)CCCCCCCCCCC/C=C\CCCCCCCC. The number of esters is 3. The van der Waals surface area contributed by atoms with Gasteiger partial charge in [0.1, 0.15) is 13.2 Å². The number of carbonyl (C=O) groups excluding carboxylic acids is 3. The van der Waals surface area contributed by atoms with E-state index in [1.54, 1.807) is 0 Å². The highest BCUT2D eigenvalue weighted by Crippen LogP contribution is 2.16. The first-order valence-electron chi connectivity index (χ1n) is 31.9. The van der Waals surface area contributed by atoms with E-state index in [0.29, 0.717) is 19.3 Å².